The summed E-state index contributed by atoms with van der Waals surface area (Å²) in [5, 5.41) is 0.901. The van der Waals surface area contributed by atoms with Crippen molar-refractivity contribution in [3.05, 3.63) is 126 Å². The second-order valence-electron chi connectivity index (χ2n) is 11.0. The molecular weight excluding hydrogens is 582 g/mol. The van der Waals surface area contributed by atoms with Crippen molar-refractivity contribution in [2.75, 3.05) is 48.5 Å². The number of rotatable bonds is 10. The number of ether oxygens (including phenoxy) is 1. The molecular formula is C37H37N3O4S. The Labute approximate surface area is 268 Å². The number of aryl methyl sites for hydroxylation is 1. The first kappa shape index (κ1) is 30.3. The van der Waals surface area contributed by atoms with Gasteiger partial charge in [0.1, 0.15) is 5.58 Å². The van der Waals surface area contributed by atoms with Crippen molar-refractivity contribution in [1.82, 2.24) is 4.90 Å². The molecule has 8 heteroatoms. The number of fused-ring (bicyclic) bond motifs is 1. The Morgan fingerprint density at radius 1 is 0.867 bits per heavy atom. The first-order valence-corrected chi connectivity index (χ1v) is 16.2. The molecule has 1 saturated heterocycles. The van der Waals surface area contributed by atoms with Crippen LogP contribution in [0.1, 0.15) is 39.0 Å². The number of anilines is 2. The zero-order valence-electron chi connectivity index (χ0n) is 25.6. The average molecular weight is 620 g/mol. The van der Waals surface area contributed by atoms with Crippen molar-refractivity contribution in [3.8, 4) is 0 Å². The van der Waals surface area contributed by atoms with E-state index in [2.05, 4.69) is 63.8 Å². The Balaban J connectivity index is 1.26. The van der Waals surface area contributed by atoms with E-state index in [0.717, 1.165) is 58.8 Å². The average Bonchev–Trinajstić information content (AvgIpc) is 3.43. The number of carbonyl (C=O) groups excluding carboxylic acids is 2. The van der Waals surface area contributed by atoms with Gasteiger partial charge in [-0.2, -0.15) is 0 Å². The van der Waals surface area contributed by atoms with Crippen molar-refractivity contribution in [2.24, 2.45) is 0 Å². The maximum absolute atomic E-state index is 13.1. The molecule has 45 heavy (non-hydrogen) atoms. The molecule has 0 spiro atoms. The third-order valence-corrected chi connectivity index (χ3v) is 9.17. The van der Waals surface area contributed by atoms with Crippen molar-refractivity contribution >= 4 is 46.2 Å². The van der Waals surface area contributed by atoms with Gasteiger partial charge >= 0.3 is 5.97 Å². The van der Waals surface area contributed by atoms with Gasteiger partial charge in [0.2, 0.25) is 5.76 Å². The molecule has 6 rings (SSSR count). The summed E-state index contributed by atoms with van der Waals surface area (Å²) in [4.78, 5) is 30.9. The molecule has 1 aliphatic heterocycles. The second-order valence-corrected chi connectivity index (χ2v) is 12.1. The van der Waals surface area contributed by atoms with Gasteiger partial charge in [0.25, 0.3) is 5.91 Å². The van der Waals surface area contributed by atoms with Crippen LogP contribution in [0.25, 0.3) is 11.0 Å². The lowest BCUT2D eigenvalue weighted by Crippen LogP contribution is -2.49. The van der Waals surface area contributed by atoms with Gasteiger partial charge in [0.05, 0.1) is 18.0 Å². The van der Waals surface area contributed by atoms with Gasteiger partial charge in [-0.1, -0.05) is 60.7 Å². The van der Waals surface area contributed by atoms with Crippen LogP contribution in [0.2, 0.25) is 0 Å². The van der Waals surface area contributed by atoms with Crippen LogP contribution in [0.3, 0.4) is 0 Å². The lowest BCUT2D eigenvalue weighted by molar-refractivity contribution is 0.0491. The van der Waals surface area contributed by atoms with Crippen molar-refractivity contribution < 1.29 is 18.7 Å². The zero-order chi connectivity index (χ0) is 31.2. The number of furan rings is 1. The van der Waals surface area contributed by atoms with Crippen molar-refractivity contribution in [2.45, 2.75) is 25.2 Å². The van der Waals surface area contributed by atoms with Gasteiger partial charge in [0, 0.05) is 54.1 Å². The number of para-hydroxylation sites is 2. The third-order valence-electron chi connectivity index (χ3n) is 8.11. The van der Waals surface area contributed by atoms with Crippen LogP contribution in [-0.2, 0) is 11.2 Å². The molecule has 7 nitrogen and oxygen atoms in total. The minimum Gasteiger partial charge on any atom is -0.460 e. The smallest absolute Gasteiger partial charge is 0.374 e. The van der Waals surface area contributed by atoms with Gasteiger partial charge in [0.15, 0.2) is 0 Å². The highest BCUT2D eigenvalue weighted by atomic mass is 32.2. The van der Waals surface area contributed by atoms with Crippen molar-refractivity contribution in [1.29, 1.82) is 0 Å². The third kappa shape index (κ3) is 6.86. The molecule has 0 radical (unpaired) electrons. The lowest BCUT2D eigenvalue weighted by atomic mass is 10.1. The summed E-state index contributed by atoms with van der Waals surface area (Å²) < 4.78 is 13.4. The number of piperazine rings is 1. The fourth-order valence-corrected chi connectivity index (χ4v) is 6.71. The molecule has 1 fully saturated rings. The fourth-order valence-electron chi connectivity index (χ4n) is 5.72. The number of hydrogen-bond donors (Lipinski definition) is 0. The van der Waals surface area contributed by atoms with Crippen LogP contribution in [-0.4, -0.2) is 56.1 Å². The highest BCUT2D eigenvalue weighted by molar-refractivity contribution is 8.00. The number of amides is 1. The lowest BCUT2D eigenvalue weighted by Gasteiger charge is -2.38. The minimum atomic E-state index is -0.440. The largest absolute Gasteiger partial charge is 0.460 e. The SMILES string of the molecule is CCOC(=O)c1oc2ccc(SN(CCc3ccccc3)c3ccccc3N3CCN(C(=O)c4ccccc4)CC3)cc2c1C. The number of nitrogens with zero attached hydrogens (tertiary/aromatic N) is 3. The van der Waals surface area contributed by atoms with E-state index in [4.69, 9.17) is 9.15 Å². The Bertz CT molecular complexity index is 1770. The van der Waals surface area contributed by atoms with Crippen LogP contribution < -0.4 is 9.21 Å². The van der Waals surface area contributed by atoms with Crippen LogP contribution in [0.4, 0.5) is 11.4 Å². The Hall–Kier alpha value is -4.69. The number of benzene rings is 4. The van der Waals surface area contributed by atoms with Crippen molar-refractivity contribution in [3.63, 3.8) is 0 Å². The van der Waals surface area contributed by atoms with E-state index in [1.54, 1.807) is 18.9 Å². The minimum absolute atomic E-state index is 0.0830. The highest BCUT2D eigenvalue weighted by Crippen LogP contribution is 2.38. The van der Waals surface area contributed by atoms with Crippen LogP contribution in [0, 0.1) is 6.92 Å². The Morgan fingerprint density at radius 2 is 1.56 bits per heavy atom. The second kappa shape index (κ2) is 13.9. The quantitative estimate of drug-likeness (QED) is 0.118. The monoisotopic (exact) mass is 619 g/mol. The molecule has 230 valence electrons. The molecule has 4 aromatic carbocycles. The molecule has 2 heterocycles. The standard InChI is InChI=1S/C37H37N3O4S/c1-3-43-37(42)35-27(2)31-26-30(18-19-34(31)44-35)45-40(21-20-28-12-6-4-7-13-28)33-17-11-10-16-32(33)38-22-24-39(25-23-38)36(41)29-14-8-5-9-15-29/h4-19,26H,3,20-25H2,1-2H3. The van der Waals surface area contributed by atoms with E-state index in [9.17, 15) is 9.59 Å². The molecule has 0 bridgehead atoms. The topological polar surface area (TPSA) is 66.2 Å². The summed E-state index contributed by atoms with van der Waals surface area (Å²) >= 11 is 1.68. The van der Waals surface area contributed by atoms with E-state index in [0.29, 0.717) is 25.3 Å². The molecule has 1 amide bonds. The molecule has 0 atom stereocenters. The van der Waals surface area contributed by atoms with Gasteiger partial charge < -0.3 is 23.3 Å². The normalized spacial score (nSPS) is 13.2. The molecule has 1 aliphatic rings. The molecule has 0 aliphatic carbocycles. The van der Waals surface area contributed by atoms with E-state index < -0.39 is 5.97 Å². The van der Waals surface area contributed by atoms with Gasteiger partial charge in [-0.15, -0.1) is 0 Å². The highest BCUT2D eigenvalue weighted by Gasteiger charge is 2.25. The Morgan fingerprint density at radius 3 is 2.29 bits per heavy atom. The predicted molar refractivity (Wildman–Crippen MR) is 181 cm³/mol. The summed E-state index contributed by atoms with van der Waals surface area (Å²) in [5.74, 6) is -0.103. The maximum atomic E-state index is 13.1. The van der Waals surface area contributed by atoms with Gasteiger partial charge in [-0.3, -0.25) is 4.79 Å². The van der Waals surface area contributed by atoms with E-state index in [1.165, 1.54) is 5.56 Å². The van der Waals surface area contributed by atoms with Crippen LogP contribution in [0.5, 0.6) is 0 Å². The molecule has 0 unspecified atom stereocenters. The molecule has 1 aromatic heterocycles. The summed E-state index contributed by atoms with van der Waals surface area (Å²) in [5.41, 5.74) is 5.72. The number of esters is 1. The number of carbonyl (C=O) groups is 2. The zero-order valence-corrected chi connectivity index (χ0v) is 26.5. The van der Waals surface area contributed by atoms with Crippen LogP contribution >= 0.6 is 11.9 Å². The van der Waals surface area contributed by atoms with E-state index in [1.807, 2.05) is 60.4 Å². The first-order valence-electron chi connectivity index (χ1n) is 15.4. The fraction of sp³-hybridized carbons (Fsp3) is 0.243. The predicted octanol–water partition coefficient (Wildman–Crippen LogP) is 7.64. The summed E-state index contributed by atoms with van der Waals surface area (Å²) in [7, 11) is 0. The summed E-state index contributed by atoms with van der Waals surface area (Å²) in [6.07, 6.45) is 0.877. The molecule has 5 aromatic rings. The van der Waals surface area contributed by atoms with E-state index >= 15 is 0 Å². The Kier molecular flexibility index (Phi) is 9.41. The summed E-state index contributed by atoms with van der Waals surface area (Å²) in [6, 6.07) is 34.6. The first-order chi connectivity index (χ1) is 22.0. The van der Waals surface area contributed by atoms with Gasteiger partial charge in [-0.25, -0.2) is 4.79 Å². The van der Waals surface area contributed by atoms with Gasteiger partial charge in [-0.05, 0) is 80.2 Å². The maximum Gasteiger partial charge on any atom is 0.374 e. The molecule has 0 N–H and O–H groups in total. The number of hydrogen-bond acceptors (Lipinski definition) is 7. The van der Waals surface area contributed by atoms with Crippen LogP contribution in [0.15, 0.2) is 112 Å². The molecule has 0 saturated carbocycles. The van der Waals surface area contributed by atoms with E-state index in [-0.39, 0.29) is 11.7 Å². The summed E-state index contributed by atoms with van der Waals surface area (Å²) in [6.45, 7) is 7.61.